The van der Waals surface area contributed by atoms with E-state index in [9.17, 15) is 66.7 Å². The first kappa shape index (κ1) is 53.8. The zero-order valence-electron chi connectivity index (χ0n) is 38.4. The largest absolute Gasteiger partial charge is 0.435 e. The fourth-order valence-corrected chi connectivity index (χ4v) is 9.45. The maximum atomic E-state index is 15.6. The Morgan fingerprint density at radius 2 is 1.57 bits per heavy atom. The monoisotopic (exact) mass is 1080 g/mol. The molecule has 1 saturated carbocycles. The lowest BCUT2D eigenvalue weighted by molar-refractivity contribution is -0.143. The van der Waals surface area contributed by atoms with Gasteiger partial charge in [0.1, 0.15) is 40.9 Å². The number of sulfonamides is 1. The number of aromatic nitrogens is 5. The standard InChI is InChI=1S/C44H41ClF10N8O7S2/c1-40(2,66)19-56-39(65)63(72(6,69)70)38-33-29(45)10-9-26(35(33)62(60-38)20-42(48,49)50)25-8-7-24(11-12-41(3,4)71(5,67)68)57-34(25)30(15-21-13-22(46)16-23(47)14-21)58-31(64)18-61-37-32(36(59-61)44(53,54)55)27-17-28(27)43(37,51)52/h7-10,13-14,16,27-28,30,66H,15,17-20H2,1-6H3,(H,56,65)(H,58,64)/t27-,28+,30-/m0/s1. The lowest BCUT2D eigenvalue weighted by Gasteiger charge is -2.23. The summed E-state index contributed by atoms with van der Waals surface area (Å²) in [5, 5.41) is 21.0. The minimum atomic E-state index is -5.23. The van der Waals surface area contributed by atoms with Crippen LogP contribution in [0.1, 0.15) is 80.0 Å². The summed E-state index contributed by atoms with van der Waals surface area (Å²) < 4.78 is 197. The zero-order chi connectivity index (χ0) is 53.6. The van der Waals surface area contributed by atoms with Crippen LogP contribution in [0.3, 0.4) is 0 Å². The number of fused-ring (bicyclic) bond motifs is 4. The number of alkyl halides is 8. The lowest BCUT2D eigenvalue weighted by atomic mass is 9.93. The first-order valence-corrected chi connectivity index (χ1v) is 25.3. The van der Waals surface area contributed by atoms with Gasteiger partial charge in [0.15, 0.2) is 21.3 Å². The van der Waals surface area contributed by atoms with Crippen LogP contribution < -0.4 is 14.9 Å². The fraction of sp³-hybridized carbons (Fsp3) is 0.432. The number of hydrogen-bond donors (Lipinski definition) is 3. The second-order valence-electron chi connectivity index (χ2n) is 18.5. The highest BCUT2D eigenvalue weighted by molar-refractivity contribution is 7.93. The van der Waals surface area contributed by atoms with E-state index in [1.165, 1.54) is 27.7 Å². The van der Waals surface area contributed by atoms with Crippen molar-refractivity contribution in [3.8, 4) is 23.0 Å². The quantitative estimate of drug-likeness (QED) is 0.0783. The zero-order valence-corrected chi connectivity index (χ0v) is 40.8. The third-order valence-corrected chi connectivity index (χ3v) is 15.0. The summed E-state index contributed by atoms with van der Waals surface area (Å²) in [4.78, 5) is 32.3. The van der Waals surface area contributed by atoms with E-state index in [-0.39, 0.29) is 42.5 Å². The predicted molar refractivity (Wildman–Crippen MR) is 240 cm³/mol. The molecule has 72 heavy (non-hydrogen) atoms. The molecule has 0 aliphatic heterocycles. The summed E-state index contributed by atoms with van der Waals surface area (Å²) in [7, 11) is -8.74. The molecule has 5 aromatic rings. The molecule has 2 aliphatic carbocycles. The molecule has 28 heteroatoms. The van der Waals surface area contributed by atoms with Crippen molar-refractivity contribution in [2.45, 2.75) is 94.2 Å². The average molecular weight is 1080 g/mol. The number of halogens is 11. The normalized spacial score (nSPS) is 17.2. The number of urea groups is 1. The molecule has 388 valence electrons. The molecule has 3 N–H and O–H groups in total. The van der Waals surface area contributed by atoms with E-state index in [1.54, 1.807) is 0 Å². The summed E-state index contributed by atoms with van der Waals surface area (Å²) in [6, 6.07) is 3.23. The number of nitrogens with one attached hydrogen (secondary N) is 2. The molecule has 0 saturated heterocycles. The molecule has 7 rings (SSSR count). The molecule has 0 bridgehead atoms. The van der Waals surface area contributed by atoms with E-state index >= 15 is 8.78 Å². The van der Waals surface area contributed by atoms with Crippen molar-refractivity contribution in [2.75, 3.05) is 23.4 Å². The van der Waals surface area contributed by atoms with Gasteiger partial charge in [0.05, 0.1) is 39.5 Å². The number of amides is 3. The summed E-state index contributed by atoms with van der Waals surface area (Å²) in [5.41, 5.74) is -7.58. The van der Waals surface area contributed by atoms with Gasteiger partial charge in [-0.3, -0.25) is 14.2 Å². The van der Waals surface area contributed by atoms with Crippen molar-refractivity contribution in [1.29, 1.82) is 0 Å². The highest BCUT2D eigenvalue weighted by atomic mass is 35.5. The average Bonchev–Trinajstić information content (AvgIpc) is 3.73. The van der Waals surface area contributed by atoms with Gasteiger partial charge in [0.25, 0.3) is 5.92 Å². The summed E-state index contributed by atoms with van der Waals surface area (Å²) >= 11 is 6.62. The number of nitrogens with zero attached hydrogens (tertiary/aromatic N) is 6. The first-order chi connectivity index (χ1) is 32.9. The van der Waals surface area contributed by atoms with Crippen molar-refractivity contribution < 1.29 is 75.4 Å². The molecule has 15 nitrogen and oxygen atoms in total. The summed E-state index contributed by atoms with van der Waals surface area (Å²) in [5.74, 6) is -6.07. The van der Waals surface area contributed by atoms with Crippen molar-refractivity contribution >= 4 is 60.1 Å². The van der Waals surface area contributed by atoms with Crippen molar-refractivity contribution in [3.63, 3.8) is 0 Å². The van der Waals surface area contributed by atoms with Gasteiger partial charge in [0.2, 0.25) is 15.9 Å². The Hall–Kier alpha value is -5.98. The Kier molecular flexibility index (Phi) is 13.6. The Bertz CT molecular complexity index is 3320. The van der Waals surface area contributed by atoms with Gasteiger partial charge in [-0.2, -0.15) is 49.6 Å². The number of rotatable bonds is 13. The van der Waals surface area contributed by atoms with E-state index in [0.29, 0.717) is 12.3 Å². The molecule has 2 aliphatic rings. The van der Waals surface area contributed by atoms with Crippen molar-refractivity contribution in [3.05, 3.63) is 93.0 Å². The van der Waals surface area contributed by atoms with Gasteiger partial charge in [-0.15, -0.1) is 0 Å². The number of pyridine rings is 1. The Morgan fingerprint density at radius 1 is 0.944 bits per heavy atom. The van der Waals surface area contributed by atoms with Crippen molar-refractivity contribution in [2.24, 2.45) is 5.92 Å². The SMILES string of the molecule is CC(C)(O)CNC(=O)N(c1nn(CC(F)(F)F)c2c(-c3ccc(C#CC(C)(C)S(C)(=O)=O)nc3[C@H](Cc3cc(F)cc(F)c3)NC(=O)Cn3nc(C(F)(F)F)c4c3C(F)(F)[C@@H]3C[C@H]43)ccc(Cl)c12)S(C)(=O)=O. The van der Waals surface area contributed by atoms with Crippen LogP contribution in [0.5, 0.6) is 0 Å². The molecular formula is C44H41ClF10N8O7S2. The third kappa shape index (κ3) is 11.0. The van der Waals surface area contributed by atoms with Crippen LogP contribution >= 0.6 is 11.6 Å². The van der Waals surface area contributed by atoms with Crippen LogP contribution in [-0.2, 0) is 56.3 Å². The topological polar surface area (TPSA) is 198 Å². The van der Waals surface area contributed by atoms with E-state index in [2.05, 4.69) is 37.7 Å². The first-order valence-electron chi connectivity index (χ1n) is 21.2. The predicted octanol–water partition coefficient (Wildman–Crippen LogP) is 7.54. The van der Waals surface area contributed by atoms with Crippen LogP contribution in [0, 0.1) is 29.4 Å². The van der Waals surface area contributed by atoms with Crippen LogP contribution in [-0.4, -0.2) is 94.0 Å². The number of aliphatic hydroxyl groups is 1. The molecule has 1 fully saturated rings. The molecule has 0 unspecified atom stereocenters. The van der Waals surface area contributed by atoms with Gasteiger partial charge in [-0.05, 0) is 88.3 Å². The number of hydrogen-bond acceptors (Lipinski definition) is 10. The maximum absolute atomic E-state index is 15.6. The van der Waals surface area contributed by atoms with Gasteiger partial charge in [-0.25, -0.2) is 35.4 Å². The molecular weight excluding hydrogens is 1040 g/mol. The second kappa shape index (κ2) is 18.2. The number of carbonyl (C=O) groups is 2. The smallest absolute Gasteiger partial charge is 0.389 e. The molecule has 3 heterocycles. The number of benzene rings is 2. The molecule has 3 amide bonds. The summed E-state index contributed by atoms with van der Waals surface area (Å²) in [6.45, 7) is 1.09. The molecule has 3 atom stereocenters. The van der Waals surface area contributed by atoms with E-state index in [4.69, 9.17) is 11.6 Å². The van der Waals surface area contributed by atoms with E-state index in [1.807, 2.05) is 0 Å². The second-order valence-corrected chi connectivity index (χ2v) is 23.3. The fourth-order valence-electron chi connectivity index (χ4n) is 8.17. The third-order valence-electron chi connectivity index (χ3n) is 11.7. The van der Waals surface area contributed by atoms with Crippen LogP contribution in [0.2, 0.25) is 5.02 Å². The highest BCUT2D eigenvalue weighted by Crippen LogP contribution is 2.68. The van der Waals surface area contributed by atoms with Crippen LogP contribution in [0.4, 0.5) is 54.5 Å². The highest BCUT2D eigenvalue weighted by Gasteiger charge is 2.68. The lowest BCUT2D eigenvalue weighted by Crippen LogP contribution is -2.48. The maximum Gasteiger partial charge on any atom is 0.435 e. The van der Waals surface area contributed by atoms with E-state index < -0.39 is 160 Å². The Balaban J connectivity index is 1.49. The minimum absolute atomic E-state index is 0.00423. The molecule has 0 spiro atoms. The Labute approximate surface area is 408 Å². The minimum Gasteiger partial charge on any atom is -0.389 e. The van der Waals surface area contributed by atoms with Crippen LogP contribution in [0.15, 0.2) is 42.5 Å². The number of sulfone groups is 1. The Morgan fingerprint density at radius 3 is 2.14 bits per heavy atom. The molecule has 0 radical (unpaired) electrons. The van der Waals surface area contributed by atoms with E-state index in [0.717, 1.165) is 42.7 Å². The van der Waals surface area contributed by atoms with Gasteiger partial charge in [0, 0.05) is 41.5 Å². The van der Waals surface area contributed by atoms with Crippen LogP contribution in [0.25, 0.3) is 22.0 Å². The summed E-state index contributed by atoms with van der Waals surface area (Å²) in [6.07, 6.45) is -9.96. The van der Waals surface area contributed by atoms with Gasteiger partial charge in [-0.1, -0.05) is 23.6 Å². The van der Waals surface area contributed by atoms with Gasteiger partial charge < -0.3 is 15.7 Å². The molecule has 2 aromatic carbocycles. The molecule has 3 aromatic heterocycles. The van der Waals surface area contributed by atoms with Crippen molar-refractivity contribution in [1.82, 2.24) is 35.2 Å². The number of carbonyl (C=O) groups excluding carboxylic acids is 2. The van der Waals surface area contributed by atoms with Gasteiger partial charge >= 0.3 is 18.4 Å². The number of anilines is 1.